The van der Waals surface area contributed by atoms with Crippen molar-refractivity contribution in [1.82, 2.24) is 20.0 Å². The van der Waals surface area contributed by atoms with Crippen LogP contribution in [0.1, 0.15) is 27.7 Å². The monoisotopic (exact) mass is 367 g/mol. The molecule has 0 aromatic heterocycles. The molecule has 7 nitrogen and oxygen atoms in total. The summed E-state index contributed by atoms with van der Waals surface area (Å²) in [5.41, 5.74) is 0. The van der Waals surface area contributed by atoms with E-state index in [1.165, 1.54) is 7.11 Å². The third-order valence-electron chi connectivity index (χ3n) is 5.73. The molecule has 2 fully saturated rings. The first-order valence-corrected chi connectivity index (χ1v) is 10.1. The van der Waals surface area contributed by atoms with Crippen molar-refractivity contribution < 1.29 is 9.53 Å². The first-order chi connectivity index (χ1) is 12.5. The van der Waals surface area contributed by atoms with Gasteiger partial charge in [0.25, 0.3) is 0 Å². The van der Waals surface area contributed by atoms with Crippen LogP contribution in [-0.4, -0.2) is 98.7 Å². The number of aliphatic imine (C=N–C) groups is 1. The fraction of sp³-hybridized carbons (Fsp3) is 0.895. The third-order valence-corrected chi connectivity index (χ3v) is 5.73. The highest BCUT2D eigenvalue weighted by atomic mass is 16.5. The summed E-state index contributed by atoms with van der Waals surface area (Å²) >= 11 is 0. The minimum absolute atomic E-state index is 0.0663. The molecular weight excluding hydrogens is 330 g/mol. The zero-order valence-corrected chi connectivity index (χ0v) is 17.2. The molecule has 2 aliphatic heterocycles. The number of likely N-dealkylation sites (tertiary alicyclic amines) is 1. The Morgan fingerprint density at radius 3 is 2.50 bits per heavy atom. The van der Waals surface area contributed by atoms with Crippen molar-refractivity contribution in [3.63, 3.8) is 0 Å². The fourth-order valence-electron chi connectivity index (χ4n) is 3.88. The second kappa shape index (κ2) is 10.1. The normalized spacial score (nSPS) is 26.8. The molecule has 0 amide bonds. The molecule has 0 aliphatic carbocycles. The number of nitrogens with zero attached hydrogens (tertiary/aromatic N) is 4. The Morgan fingerprint density at radius 1 is 1.23 bits per heavy atom. The Bertz CT molecular complexity index is 477. The van der Waals surface area contributed by atoms with E-state index in [0.29, 0.717) is 12.6 Å². The topological polar surface area (TPSA) is 60.4 Å². The second-order valence-corrected chi connectivity index (χ2v) is 7.53. The van der Waals surface area contributed by atoms with E-state index in [9.17, 15) is 4.79 Å². The number of carbonyl (C=O) groups excluding carboxylic acids is 1. The molecule has 2 aliphatic rings. The molecule has 0 aromatic carbocycles. The molecule has 2 rings (SSSR count). The average Bonchev–Trinajstić information content (AvgIpc) is 3.05. The molecule has 0 aromatic rings. The molecule has 1 N–H and O–H groups in total. The number of methoxy groups -OCH3 is 1. The van der Waals surface area contributed by atoms with Gasteiger partial charge in [0.1, 0.15) is 0 Å². The van der Waals surface area contributed by atoms with E-state index >= 15 is 0 Å². The van der Waals surface area contributed by atoms with Crippen LogP contribution in [0.5, 0.6) is 0 Å². The number of ether oxygens (including phenoxy) is 1. The summed E-state index contributed by atoms with van der Waals surface area (Å²) in [5, 5.41) is 3.39. The van der Waals surface area contributed by atoms with E-state index in [2.05, 4.69) is 47.7 Å². The maximum atomic E-state index is 12.0. The van der Waals surface area contributed by atoms with Crippen LogP contribution >= 0.6 is 0 Å². The van der Waals surface area contributed by atoms with Crippen molar-refractivity contribution in [2.24, 2.45) is 16.8 Å². The van der Waals surface area contributed by atoms with Gasteiger partial charge in [0.15, 0.2) is 5.96 Å². The molecule has 0 bridgehead atoms. The first-order valence-electron chi connectivity index (χ1n) is 10.1. The summed E-state index contributed by atoms with van der Waals surface area (Å²) < 4.78 is 4.95. The number of guanidine groups is 1. The van der Waals surface area contributed by atoms with Gasteiger partial charge >= 0.3 is 5.97 Å². The molecular formula is C19H37N5O2. The number of likely N-dealkylation sites (N-methyl/N-ethyl adjacent to an activating group) is 1. The zero-order chi connectivity index (χ0) is 19.1. The predicted octanol–water partition coefficient (Wildman–Crippen LogP) is 0.719. The molecule has 26 heavy (non-hydrogen) atoms. The lowest BCUT2D eigenvalue weighted by Gasteiger charge is -2.37. The van der Waals surface area contributed by atoms with Gasteiger partial charge in [-0.25, -0.2) is 0 Å². The number of carbonyl (C=O) groups is 1. The van der Waals surface area contributed by atoms with Crippen LogP contribution in [0, 0.1) is 11.8 Å². The highest BCUT2D eigenvalue weighted by molar-refractivity contribution is 5.82. The van der Waals surface area contributed by atoms with Crippen LogP contribution in [0.25, 0.3) is 0 Å². The highest BCUT2D eigenvalue weighted by Crippen LogP contribution is 2.24. The average molecular weight is 368 g/mol. The summed E-state index contributed by atoms with van der Waals surface area (Å²) in [4.78, 5) is 24.1. The summed E-state index contributed by atoms with van der Waals surface area (Å²) in [7, 11) is 1.47. The molecule has 150 valence electrons. The van der Waals surface area contributed by atoms with E-state index in [1.807, 2.05) is 0 Å². The SMILES string of the molecule is CCNC(=NCC(C)N1CCN(CC)CC1)N1CC(C)C(C(=O)OC)C1. The van der Waals surface area contributed by atoms with Gasteiger partial charge in [-0.2, -0.15) is 0 Å². The van der Waals surface area contributed by atoms with Crippen LogP contribution in [-0.2, 0) is 9.53 Å². The zero-order valence-electron chi connectivity index (χ0n) is 17.2. The number of piperazine rings is 1. The number of esters is 1. The summed E-state index contributed by atoms with van der Waals surface area (Å²) in [5.74, 6) is 1.03. The third kappa shape index (κ3) is 5.33. The molecule has 2 saturated heterocycles. The molecule has 3 atom stereocenters. The molecule has 0 saturated carbocycles. The lowest BCUT2D eigenvalue weighted by atomic mass is 9.99. The predicted molar refractivity (Wildman–Crippen MR) is 105 cm³/mol. The Kier molecular flexibility index (Phi) is 8.15. The standard InChI is InChI=1S/C19H37N5O2/c1-6-20-19(24-13-15(3)17(14-24)18(25)26-5)21-12-16(4)23-10-8-22(7-2)9-11-23/h15-17H,6-14H2,1-5H3,(H,20,21). The van der Waals surface area contributed by atoms with Crippen molar-refractivity contribution in [2.45, 2.75) is 33.7 Å². The molecule has 7 heteroatoms. The lowest BCUT2D eigenvalue weighted by molar-refractivity contribution is -0.145. The van der Waals surface area contributed by atoms with Gasteiger partial charge in [-0.3, -0.25) is 14.7 Å². The van der Waals surface area contributed by atoms with Gasteiger partial charge < -0.3 is 19.9 Å². The van der Waals surface area contributed by atoms with E-state index in [1.54, 1.807) is 0 Å². The van der Waals surface area contributed by atoms with E-state index in [0.717, 1.165) is 58.3 Å². The van der Waals surface area contributed by atoms with Crippen LogP contribution < -0.4 is 5.32 Å². The fourth-order valence-corrected chi connectivity index (χ4v) is 3.88. The van der Waals surface area contributed by atoms with Gasteiger partial charge in [0.05, 0.1) is 19.6 Å². The van der Waals surface area contributed by atoms with Crippen LogP contribution in [0.2, 0.25) is 0 Å². The van der Waals surface area contributed by atoms with Gasteiger partial charge in [0.2, 0.25) is 0 Å². The number of hydrogen-bond donors (Lipinski definition) is 1. The van der Waals surface area contributed by atoms with Crippen LogP contribution in [0.3, 0.4) is 0 Å². The van der Waals surface area contributed by atoms with Crippen molar-refractivity contribution in [3.05, 3.63) is 0 Å². The Balaban J connectivity index is 1.93. The lowest BCUT2D eigenvalue weighted by Crippen LogP contribution is -2.50. The van der Waals surface area contributed by atoms with Crippen molar-refractivity contribution in [1.29, 1.82) is 0 Å². The molecule has 0 spiro atoms. The Labute approximate surface area is 158 Å². The summed E-state index contributed by atoms with van der Waals surface area (Å²) in [6.45, 7) is 17.5. The molecule has 3 unspecified atom stereocenters. The van der Waals surface area contributed by atoms with Gasteiger partial charge in [0, 0.05) is 51.9 Å². The van der Waals surface area contributed by atoms with Gasteiger partial charge in [-0.1, -0.05) is 13.8 Å². The van der Waals surface area contributed by atoms with Crippen molar-refractivity contribution in [3.8, 4) is 0 Å². The van der Waals surface area contributed by atoms with Gasteiger partial charge in [-0.05, 0) is 26.3 Å². The van der Waals surface area contributed by atoms with E-state index < -0.39 is 0 Å². The van der Waals surface area contributed by atoms with Crippen LogP contribution in [0.15, 0.2) is 4.99 Å². The van der Waals surface area contributed by atoms with Crippen molar-refractivity contribution >= 4 is 11.9 Å². The maximum absolute atomic E-state index is 12.0. The Hall–Kier alpha value is -1.34. The summed E-state index contributed by atoms with van der Waals surface area (Å²) in [6, 6.07) is 0.430. The number of rotatable bonds is 6. The Morgan fingerprint density at radius 2 is 1.92 bits per heavy atom. The minimum Gasteiger partial charge on any atom is -0.469 e. The van der Waals surface area contributed by atoms with Gasteiger partial charge in [-0.15, -0.1) is 0 Å². The van der Waals surface area contributed by atoms with E-state index in [4.69, 9.17) is 9.73 Å². The quantitative estimate of drug-likeness (QED) is 0.424. The van der Waals surface area contributed by atoms with Crippen molar-refractivity contribution in [2.75, 3.05) is 66.0 Å². The smallest absolute Gasteiger partial charge is 0.310 e. The second-order valence-electron chi connectivity index (χ2n) is 7.53. The maximum Gasteiger partial charge on any atom is 0.310 e. The summed E-state index contributed by atoms with van der Waals surface area (Å²) in [6.07, 6.45) is 0. The molecule has 0 radical (unpaired) electrons. The number of hydrogen-bond acceptors (Lipinski definition) is 5. The minimum atomic E-state index is -0.113. The largest absolute Gasteiger partial charge is 0.469 e. The first kappa shape index (κ1) is 21.0. The van der Waals surface area contributed by atoms with Crippen LogP contribution in [0.4, 0.5) is 0 Å². The molecule has 2 heterocycles. The number of nitrogens with one attached hydrogen (secondary N) is 1. The van der Waals surface area contributed by atoms with E-state index in [-0.39, 0.29) is 17.8 Å². The highest BCUT2D eigenvalue weighted by Gasteiger charge is 2.37.